The van der Waals surface area contributed by atoms with Crippen LogP contribution >= 0.6 is 0 Å². The van der Waals surface area contributed by atoms with Gasteiger partial charge in [-0.2, -0.15) is 10.2 Å². The van der Waals surface area contributed by atoms with Crippen molar-refractivity contribution in [2.24, 2.45) is 10.2 Å². The van der Waals surface area contributed by atoms with Crippen LogP contribution in [0.2, 0.25) is 0 Å². The molecule has 4 N–H and O–H groups in total. The van der Waals surface area contributed by atoms with Gasteiger partial charge in [-0.15, -0.1) is 0 Å². The summed E-state index contributed by atoms with van der Waals surface area (Å²) in [6, 6.07) is 24.3. The third-order valence-electron chi connectivity index (χ3n) is 12.8. The number of carbonyl (C=O) groups is 2. The molecule has 4 amide bonds. The van der Waals surface area contributed by atoms with E-state index in [4.69, 9.17) is 29.2 Å². The summed E-state index contributed by atoms with van der Waals surface area (Å²) in [5.41, 5.74) is 9.84. The van der Waals surface area contributed by atoms with Crippen LogP contribution in [0.1, 0.15) is 60.1 Å². The second kappa shape index (κ2) is 22.1. The molecule has 2 fully saturated rings. The van der Waals surface area contributed by atoms with Crippen molar-refractivity contribution in [2.45, 2.75) is 51.6 Å². The molecule has 2 saturated heterocycles. The number of ether oxygens (including phenoxy) is 4. The van der Waals surface area contributed by atoms with E-state index in [1.807, 2.05) is 24.3 Å². The lowest BCUT2D eigenvalue weighted by molar-refractivity contribution is 0.177. The molecule has 0 aliphatic carbocycles. The van der Waals surface area contributed by atoms with Gasteiger partial charge < -0.3 is 50.0 Å². The lowest BCUT2D eigenvalue weighted by Gasteiger charge is -2.29. The predicted octanol–water partition coefficient (Wildman–Crippen LogP) is 5.68. The summed E-state index contributed by atoms with van der Waals surface area (Å²) in [6.07, 6.45) is 2.90. The summed E-state index contributed by atoms with van der Waals surface area (Å²) in [4.78, 5) is 30.3. The van der Waals surface area contributed by atoms with Gasteiger partial charge >= 0.3 is 12.1 Å². The molecule has 4 aromatic carbocycles. The molecule has 0 saturated carbocycles. The van der Waals surface area contributed by atoms with Gasteiger partial charge in [0, 0.05) is 100 Å². The fraction of sp³-hybridized carbons (Fsp3) is 0.440. The molecule has 4 aromatic rings. The molecule has 0 bridgehead atoms. The largest absolute Gasteiger partial charge is 0.493 e. The lowest BCUT2D eigenvalue weighted by Crippen LogP contribution is -2.43. The number of urea groups is 2. The van der Waals surface area contributed by atoms with Gasteiger partial charge in [-0.1, -0.05) is 38.1 Å². The molecule has 8 rings (SSSR count). The fourth-order valence-corrected chi connectivity index (χ4v) is 9.01. The third-order valence-corrected chi connectivity index (χ3v) is 12.8. The third kappa shape index (κ3) is 10.3. The Kier molecular flexibility index (Phi) is 15.9. The SMILES string of the molecule is CC[C@@H]1Cc2cc(OC)c(OC)cc2C(c2ccc(N3CCNCC3)cc2)=NN1C(=O)NC.CC[C@H]1Cc2cc(OC)c(OC)cc2C(c2ccc(N3CCNCC3)cc2)=NN1C(=O)NC. The van der Waals surface area contributed by atoms with E-state index in [0.717, 1.165) is 110 Å². The first-order chi connectivity index (χ1) is 32.2. The second-order valence-electron chi connectivity index (χ2n) is 16.5. The van der Waals surface area contributed by atoms with Crippen LogP contribution in [0.4, 0.5) is 21.0 Å². The van der Waals surface area contributed by atoms with E-state index in [1.54, 1.807) is 52.6 Å². The molecule has 0 aromatic heterocycles. The number of hydrogen-bond donors (Lipinski definition) is 4. The standard InChI is InChI=1S/2C25H33N5O3/c2*1-5-19-14-18-15-22(32-3)23(33-4)16-21(18)24(28-30(19)25(31)26-2)17-6-8-20(9-7-17)29-12-10-27-11-13-29/h2*6-9,15-16,19,27H,5,10-14H2,1-4H3,(H,26,31)/t2*19-/m10/s1. The minimum atomic E-state index is -0.219. The lowest BCUT2D eigenvalue weighted by atomic mass is 9.93. The van der Waals surface area contributed by atoms with Crippen molar-refractivity contribution < 1.29 is 28.5 Å². The van der Waals surface area contributed by atoms with E-state index in [-0.39, 0.29) is 24.1 Å². The predicted molar refractivity (Wildman–Crippen MR) is 262 cm³/mol. The van der Waals surface area contributed by atoms with Crippen molar-refractivity contribution in [2.75, 3.05) is 105 Å². The first-order valence-electron chi connectivity index (χ1n) is 23.0. The van der Waals surface area contributed by atoms with Gasteiger partial charge in [0.05, 0.1) is 51.9 Å². The van der Waals surface area contributed by atoms with Crippen molar-refractivity contribution in [3.05, 3.63) is 106 Å². The molecule has 0 unspecified atom stereocenters. The van der Waals surface area contributed by atoms with E-state index in [1.165, 1.54) is 11.4 Å². The first-order valence-corrected chi connectivity index (χ1v) is 23.0. The van der Waals surface area contributed by atoms with E-state index in [0.29, 0.717) is 35.8 Å². The van der Waals surface area contributed by atoms with Gasteiger partial charge in [-0.3, -0.25) is 0 Å². The van der Waals surface area contributed by atoms with E-state index in [9.17, 15) is 9.59 Å². The number of piperazine rings is 2. The number of fused-ring (bicyclic) bond motifs is 2. The highest BCUT2D eigenvalue weighted by molar-refractivity contribution is 6.15. The van der Waals surface area contributed by atoms with Crippen LogP contribution in [0.3, 0.4) is 0 Å². The number of anilines is 2. The number of nitrogens with one attached hydrogen (secondary N) is 4. The van der Waals surface area contributed by atoms with E-state index < -0.39 is 0 Å². The molecule has 4 aliphatic heterocycles. The van der Waals surface area contributed by atoms with Crippen molar-refractivity contribution in [1.29, 1.82) is 0 Å². The van der Waals surface area contributed by atoms with Gasteiger partial charge in [-0.05, 0) is 85.3 Å². The van der Waals surface area contributed by atoms with E-state index >= 15 is 0 Å². The van der Waals surface area contributed by atoms with Gasteiger partial charge in [0.25, 0.3) is 0 Å². The average Bonchev–Trinajstić information content (AvgIpc) is 3.65. The minimum absolute atomic E-state index is 0.0700. The number of carbonyl (C=O) groups excluding carboxylic acids is 2. The van der Waals surface area contributed by atoms with Crippen LogP contribution in [-0.4, -0.2) is 140 Å². The molecule has 352 valence electrons. The molecule has 16 heteroatoms. The van der Waals surface area contributed by atoms with Crippen LogP contribution in [0, 0.1) is 0 Å². The van der Waals surface area contributed by atoms with Crippen LogP contribution < -0.4 is 50.0 Å². The molecule has 0 spiro atoms. The van der Waals surface area contributed by atoms with Crippen LogP contribution in [0.25, 0.3) is 0 Å². The summed E-state index contributed by atoms with van der Waals surface area (Å²) in [5, 5.41) is 25.2. The molecule has 4 heterocycles. The maximum atomic E-state index is 12.8. The monoisotopic (exact) mass is 903 g/mol. The van der Waals surface area contributed by atoms with Crippen molar-refractivity contribution in [3.63, 3.8) is 0 Å². The first kappa shape index (κ1) is 47.4. The Morgan fingerprint density at radius 1 is 0.561 bits per heavy atom. The molecule has 16 nitrogen and oxygen atoms in total. The molecule has 2 atom stereocenters. The zero-order valence-electron chi connectivity index (χ0n) is 39.7. The Labute approximate surface area is 389 Å². The summed E-state index contributed by atoms with van der Waals surface area (Å²) in [5.74, 6) is 2.63. The fourth-order valence-electron chi connectivity index (χ4n) is 9.01. The highest BCUT2D eigenvalue weighted by Crippen LogP contribution is 2.37. The molecule has 4 aliphatic rings. The molecule has 0 radical (unpaired) electrons. The smallest absolute Gasteiger partial charge is 0.337 e. The average molecular weight is 903 g/mol. The Hall–Kier alpha value is -6.52. The number of hydrogen-bond acceptors (Lipinski definition) is 12. The molecular formula is C50H66N10O6. The van der Waals surface area contributed by atoms with Crippen molar-refractivity contribution in [1.82, 2.24) is 31.3 Å². The topological polar surface area (TPSA) is 157 Å². The van der Waals surface area contributed by atoms with Crippen molar-refractivity contribution >= 4 is 34.9 Å². The summed E-state index contributed by atoms with van der Waals surface area (Å²) < 4.78 is 22.3. The Morgan fingerprint density at radius 3 is 1.20 bits per heavy atom. The highest BCUT2D eigenvalue weighted by Gasteiger charge is 2.32. The Bertz CT molecular complexity index is 2200. The number of rotatable bonds is 10. The number of methoxy groups -OCH3 is 4. The number of hydrazone groups is 2. The molecular weight excluding hydrogens is 837 g/mol. The van der Waals surface area contributed by atoms with Crippen LogP contribution in [0.15, 0.2) is 83.0 Å². The van der Waals surface area contributed by atoms with Crippen LogP contribution in [0.5, 0.6) is 23.0 Å². The second-order valence-corrected chi connectivity index (χ2v) is 16.5. The summed E-state index contributed by atoms with van der Waals surface area (Å²) in [6.45, 7) is 12.1. The van der Waals surface area contributed by atoms with Crippen molar-refractivity contribution in [3.8, 4) is 23.0 Å². The van der Waals surface area contributed by atoms with Gasteiger partial charge in [0.15, 0.2) is 23.0 Å². The molecule has 66 heavy (non-hydrogen) atoms. The Balaban J connectivity index is 0.000000196. The zero-order valence-corrected chi connectivity index (χ0v) is 39.7. The Morgan fingerprint density at radius 2 is 0.894 bits per heavy atom. The summed E-state index contributed by atoms with van der Waals surface area (Å²) >= 11 is 0. The quantitative estimate of drug-likeness (QED) is 0.156. The maximum absolute atomic E-state index is 12.8. The number of benzene rings is 4. The van der Waals surface area contributed by atoms with Gasteiger partial charge in [-0.25, -0.2) is 19.6 Å². The van der Waals surface area contributed by atoms with E-state index in [2.05, 4.69) is 93.4 Å². The van der Waals surface area contributed by atoms with Gasteiger partial charge in [0.2, 0.25) is 0 Å². The van der Waals surface area contributed by atoms with Gasteiger partial charge in [0.1, 0.15) is 0 Å². The summed E-state index contributed by atoms with van der Waals surface area (Å²) in [7, 11) is 9.81. The maximum Gasteiger partial charge on any atom is 0.337 e. The zero-order chi connectivity index (χ0) is 46.7. The minimum Gasteiger partial charge on any atom is -0.493 e. The normalized spacial score (nSPS) is 18.2. The van der Waals surface area contributed by atoms with Crippen LogP contribution in [-0.2, 0) is 12.8 Å². The highest BCUT2D eigenvalue weighted by atomic mass is 16.5. The number of nitrogens with zero attached hydrogens (tertiary/aromatic N) is 6. The number of amides is 4.